The summed E-state index contributed by atoms with van der Waals surface area (Å²) in [5, 5.41) is 2.10. The van der Waals surface area contributed by atoms with Crippen molar-refractivity contribution >= 4 is 27.5 Å². The second-order valence-corrected chi connectivity index (χ2v) is 6.27. The van der Waals surface area contributed by atoms with Crippen molar-refractivity contribution in [2.45, 2.75) is 30.7 Å². The fourth-order valence-electron chi connectivity index (χ4n) is 2.09. The summed E-state index contributed by atoms with van der Waals surface area (Å²) in [5.74, 6) is -1.04. The topological polar surface area (TPSA) is 118 Å². The van der Waals surface area contributed by atoms with Gasteiger partial charge in [0.05, 0.1) is 5.69 Å². The number of nitrogens with two attached hydrogens (primary N) is 1. The monoisotopic (exact) mass is 297 g/mol. The number of nitrogen functional groups attached to an aromatic ring is 1. The molecule has 108 valence electrons. The molecule has 4 N–H and O–H groups in total. The van der Waals surface area contributed by atoms with Gasteiger partial charge in [-0.2, -0.15) is 4.72 Å². The van der Waals surface area contributed by atoms with Gasteiger partial charge in [-0.05, 0) is 25.0 Å². The molecule has 1 aromatic rings. The Morgan fingerprint density at radius 2 is 2.05 bits per heavy atom. The van der Waals surface area contributed by atoms with Crippen LogP contribution in [-0.2, 0) is 19.6 Å². The van der Waals surface area contributed by atoms with Gasteiger partial charge < -0.3 is 5.73 Å². The molecule has 0 radical (unpaired) electrons. The van der Waals surface area contributed by atoms with Gasteiger partial charge in [0.1, 0.15) is 10.9 Å². The highest BCUT2D eigenvalue weighted by Crippen LogP contribution is 2.23. The predicted octanol–water partition coefficient (Wildman–Crippen LogP) is -0.339. The van der Waals surface area contributed by atoms with Crippen LogP contribution in [0.3, 0.4) is 0 Å². The molecule has 1 atom stereocenters. The number of carbonyl (C=O) groups is 2. The lowest BCUT2D eigenvalue weighted by Crippen LogP contribution is -2.52. The molecule has 0 saturated carbocycles. The van der Waals surface area contributed by atoms with Crippen molar-refractivity contribution in [2.75, 3.05) is 5.73 Å². The quantitative estimate of drug-likeness (QED) is 0.521. The van der Waals surface area contributed by atoms with Gasteiger partial charge in [0.15, 0.2) is 0 Å². The van der Waals surface area contributed by atoms with Crippen LogP contribution in [-0.4, -0.2) is 26.3 Å². The van der Waals surface area contributed by atoms with Crippen molar-refractivity contribution in [2.24, 2.45) is 0 Å². The molecule has 0 bridgehead atoms. The third-order valence-electron chi connectivity index (χ3n) is 3.05. The minimum atomic E-state index is -3.92. The van der Waals surface area contributed by atoms with Gasteiger partial charge in [-0.25, -0.2) is 8.42 Å². The standard InChI is InChI=1S/C12H15N3O4S/c1-7-3-2-4-8(13)11(7)20(18,19)15-9-5-6-10(16)14-12(9)17/h2-4,9,15H,5-6,13H2,1H3,(H,14,16,17). The minimum absolute atomic E-state index is 0.0373. The van der Waals surface area contributed by atoms with Crippen molar-refractivity contribution in [1.82, 2.24) is 10.0 Å². The molecule has 1 aromatic carbocycles. The number of rotatable bonds is 3. The van der Waals surface area contributed by atoms with Gasteiger partial charge in [0.2, 0.25) is 21.8 Å². The van der Waals surface area contributed by atoms with E-state index in [-0.39, 0.29) is 23.4 Å². The summed E-state index contributed by atoms with van der Waals surface area (Å²) < 4.78 is 26.9. The molecule has 0 spiro atoms. The van der Waals surface area contributed by atoms with Crippen LogP contribution in [0, 0.1) is 6.92 Å². The number of nitrogens with one attached hydrogen (secondary N) is 2. The molecule has 7 nitrogen and oxygen atoms in total. The highest BCUT2D eigenvalue weighted by molar-refractivity contribution is 7.89. The zero-order chi connectivity index (χ0) is 14.9. The van der Waals surface area contributed by atoms with E-state index < -0.39 is 27.9 Å². The number of hydrogen-bond acceptors (Lipinski definition) is 5. The van der Waals surface area contributed by atoms with E-state index in [0.29, 0.717) is 5.56 Å². The molecule has 20 heavy (non-hydrogen) atoms. The number of benzene rings is 1. The number of imide groups is 1. The van der Waals surface area contributed by atoms with E-state index in [0.717, 1.165) is 0 Å². The van der Waals surface area contributed by atoms with Crippen molar-refractivity contribution in [1.29, 1.82) is 0 Å². The molecule has 1 unspecified atom stereocenters. The molecule has 1 aliphatic rings. The number of anilines is 1. The first kappa shape index (κ1) is 14.5. The fourth-order valence-corrected chi connectivity index (χ4v) is 3.68. The lowest BCUT2D eigenvalue weighted by atomic mass is 10.1. The van der Waals surface area contributed by atoms with E-state index in [2.05, 4.69) is 10.0 Å². The van der Waals surface area contributed by atoms with Crippen LogP contribution in [0.25, 0.3) is 0 Å². The summed E-state index contributed by atoms with van der Waals surface area (Å²) in [6, 6.07) is 3.79. The van der Waals surface area contributed by atoms with Crippen LogP contribution in [0.15, 0.2) is 23.1 Å². The zero-order valence-corrected chi connectivity index (χ0v) is 11.7. The number of hydrogen-bond donors (Lipinski definition) is 3. The zero-order valence-electron chi connectivity index (χ0n) is 10.8. The Kier molecular flexibility index (Phi) is 3.78. The summed E-state index contributed by atoms with van der Waals surface area (Å²) in [6.45, 7) is 1.62. The average Bonchev–Trinajstić information content (AvgIpc) is 2.32. The van der Waals surface area contributed by atoms with Crippen LogP contribution >= 0.6 is 0 Å². The fraction of sp³-hybridized carbons (Fsp3) is 0.333. The Morgan fingerprint density at radius 1 is 1.35 bits per heavy atom. The van der Waals surface area contributed by atoms with Crippen molar-refractivity contribution in [3.63, 3.8) is 0 Å². The largest absolute Gasteiger partial charge is 0.398 e. The maximum atomic E-state index is 12.3. The van der Waals surface area contributed by atoms with Crippen LogP contribution in [0.4, 0.5) is 5.69 Å². The number of piperidine rings is 1. The van der Waals surface area contributed by atoms with E-state index in [4.69, 9.17) is 5.73 Å². The molecule has 1 heterocycles. The summed E-state index contributed by atoms with van der Waals surface area (Å²) in [5.41, 5.74) is 6.30. The molecule has 1 fully saturated rings. The number of carbonyl (C=O) groups excluding carboxylic acids is 2. The maximum absolute atomic E-state index is 12.3. The van der Waals surface area contributed by atoms with Gasteiger partial charge in [0.25, 0.3) is 0 Å². The first-order valence-electron chi connectivity index (χ1n) is 6.02. The summed E-state index contributed by atoms with van der Waals surface area (Å²) in [4.78, 5) is 22.6. The Bertz CT molecular complexity index is 649. The SMILES string of the molecule is Cc1cccc(N)c1S(=O)(=O)NC1CCC(=O)NC1=O. The maximum Gasteiger partial charge on any atom is 0.244 e. The van der Waals surface area contributed by atoms with Gasteiger partial charge in [-0.3, -0.25) is 14.9 Å². The second-order valence-electron chi connectivity index (χ2n) is 4.62. The van der Waals surface area contributed by atoms with E-state index >= 15 is 0 Å². The van der Waals surface area contributed by atoms with Crippen LogP contribution < -0.4 is 15.8 Å². The van der Waals surface area contributed by atoms with Gasteiger partial charge in [0, 0.05) is 6.42 Å². The van der Waals surface area contributed by atoms with Crippen molar-refractivity contribution in [3.05, 3.63) is 23.8 Å². The lowest BCUT2D eigenvalue weighted by Gasteiger charge is -2.22. The van der Waals surface area contributed by atoms with Crippen molar-refractivity contribution in [3.8, 4) is 0 Å². The Hall–Kier alpha value is -1.93. The van der Waals surface area contributed by atoms with E-state index in [1.165, 1.54) is 6.07 Å². The normalized spacial score (nSPS) is 19.8. The third-order valence-corrected chi connectivity index (χ3v) is 4.74. The van der Waals surface area contributed by atoms with Crippen LogP contribution in [0.5, 0.6) is 0 Å². The van der Waals surface area contributed by atoms with Crippen molar-refractivity contribution < 1.29 is 18.0 Å². The third kappa shape index (κ3) is 2.81. The lowest BCUT2D eigenvalue weighted by molar-refractivity contribution is -0.134. The van der Waals surface area contributed by atoms with Gasteiger partial charge >= 0.3 is 0 Å². The minimum Gasteiger partial charge on any atom is -0.398 e. The summed E-state index contributed by atoms with van der Waals surface area (Å²) in [7, 11) is -3.92. The number of amides is 2. The summed E-state index contributed by atoms with van der Waals surface area (Å²) in [6.07, 6.45) is 0.234. The molecule has 8 heteroatoms. The molecule has 0 aromatic heterocycles. The molecular formula is C12H15N3O4S. The van der Waals surface area contributed by atoms with Crippen LogP contribution in [0.2, 0.25) is 0 Å². The van der Waals surface area contributed by atoms with Crippen LogP contribution in [0.1, 0.15) is 18.4 Å². The van der Waals surface area contributed by atoms with E-state index in [9.17, 15) is 18.0 Å². The number of sulfonamides is 1. The smallest absolute Gasteiger partial charge is 0.244 e. The molecule has 1 saturated heterocycles. The average molecular weight is 297 g/mol. The highest BCUT2D eigenvalue weighted by atomic mass is 32.2. The summed E-state index contributed by atoms with van der Waals surface area (Å²) >= 11 is 0. The van der Waals surface area contributed by atoms with Gasteiger partial charge in [-0.1, -0.05) is 12.1 Å². The Balaban J connectivity index is 2.28. The Morgan fingerprint density at radius 3 is 2.65 bits per heavy atom. The molecular weight excluding hydrogens is 282 g/mol. The Labute approximate surface area is 116 Å². The van der Waals surface area contributed by atoms with E-state index in [1.807, 2.05) is 0 Å². The highest BCUT2D eigenvalue weighted by Gasteiger charge is 2.32. The first-order chi connectivity index (χ1) is 9.31. The molecule has 2 amide bonds. The number of aryl methyl sites for hydroxylation is 1. The molecule has 1 aliphatic heterocycles. The molecule has 0 aliphatic carbocycles. The first-order valence-corrected chi connectivity index (χ1v) is 7.50. The molecule has 2 rings (SSSR count). The van der Waals surface area contributed by atoms with E-state index in [1.54, 1.807) is 19.1 Å². The second kappa shape index (κ2) is 5.22. The predicted molar refractivity (Wildman–Crippen MR) is 72.1 cm³/mol. The van der Waals surface area contributed by atoms with Gasteiger partial charge in [-0.15, -0.1) is 0 Å².